The van der Waals surface area contributed by atoms with Gasteiger partial charge in [-0.3, -0.25) is 9.11 Å². The molecule has 0 spiro atoms. The molecule has 0 fully saturated rings. The van der Waals surface area contributed by atoms with E-state index in [1.54, 1.807) is 42.5 Å². The van der Waals surface area contributed by atoms with Crippen molar-refractivity contribution in [2.45, 2.75) is 18.0 Å². The maximum Gasteiger partial charge on any atom is 0.394 e. The van der Waals surface area contributed by atoms with Crippen LogP contribution >= 0.6 is 23.2 Å². The number of rotatable bonds is 8. The molecule has 0 saturated heterocycles. The zero-order valence-electron chi connectivity index (χ0n) is 22.1. The zero-order chi connectivity index (χ0) is 32.7. The van der Waals surface area contributed by atoms with Crippen LogP contribution in [0.1, 0.15) is 11.3 Å². The normalized spacial score (nSPS) is 11.2. The molecular formula is C25H23Cl2FN6O8S2. The first-order valence-corrected chi connectivity index (χ1v) is 15.4. The number of aromatic nitrogens is 2. The van der Waals surface area contributed by atoms with Crippen LogP contribution in [0.3, 0.4) is 0 Å². The molecule has 0 aliphatic rings. The number of carbonyl (C=O) groups is 1. The maximum absolute atomic E-state index is 13.0. The summed E-state index contributed by atoms with van der Waals surface area (Å²) in [4.78, 5) is 20.1. The molecule has 4 aromatic rings. The second-order valence-corrected chi connectivity index (χ2v) is 11.6. The predicted octanol–water partition coefficient (Wildman–Crippen LogP) is 4.52. The number of anilines is 3. The number of benzene rings is 3. The summed E-state index contributed by atoms with van der Waals surface area (Å²) >= 11 is 12.2. The number of halogens is 3. The number of nitrogens with one attached hydrogen (secondary N) is 2. The molecule has 0 atom stereocenters. The molecule has 234 valence electrons. The molecule has 14 nitrogen and oxygen atoms in total. The van der Waals surface area contributed by atoms with Gasteiger partial charge in [0.2, 0.25) is 5.95 Å². The third-order valence-corrected chi connectivity index (χ3v) is 6.93. The first-order chi connectivity index (χ1) is 20.5. The Balaban J connectivity index is 0.000000978. The minimum atomic E-state index is -4.82. The van der Waals surface area contributed by atoms with Gasteiger partial charge in [-0.05, 0) is 59.7 Å². The molecule has 0 radical (unpaired) electrons. The summed E-state index contributed by atoms with van der Waals surface area (Å²) in [6.45, 7) is 0.163. The largest absolute Gasteiger partial charge is 0.487 e. The Bertz CT molecular complexity index is 1870. The number of ether oxygens (including phenoxy) is 1. The number of nitrogens with zero attached hydrogens (tertiary/aromatic N) is 2. The van der Waals surface area contributed by atoms with Crippen LogP contribution in [0.25, 0.3) is 11.1 Å². The van der Waals surface area contributed by atoms with E-state index in [9.17, 15) is 17.1 Å². The average molecular weight is 690 g/mol. The number of nitrogen functional groups attached to an aromatic ring is 2. The van der Waals surface area contributed by atoms with Gasteiger partial charge in [0.15, 0.2) is 0 Å². The molecule has 44 heavy (non-hydrogen) atoms. The molecule has 1 aromatic heterocycles. The van der Waals surface area contributed by atoms with Crippen LogP contribution in [0.5, 0.6) is 5.75 Å². The van der Waals surface area contributed by atoms with E-state index in [4.69, 9.17) is 56.9 Å². The Kier molecular flexibility index (Phi) is 11.3. The second-order valence-electron chi connectivity index (χ2n) is 8.57. The van der Waals surface area contributed by atoms with Crippen LogP contribution in [-0.4, -0.2) is 41.9 Å². The lowest BCUT2D eigenvalue weighted by atomic mass is 10.0. The molecule has 1 heterocycles. The van der Waals surface area contributed by atoms with Gasteiger partial charge in [0.1, 0.15) is 18.2 Å². The molecule has 3 aromatic carbocycles. The third-order valence-electron chi connectivity index (χ3n) is 5.36. The van der Waals surface area contributed by atoms with Crippen molar-refractivity contribution in [1.82, 2.24) is 15.3 Å². The Morgan fingerprint density at radius 2 is 1.59 bits per heavy atom. The van der Waals surface area contributed by atoms with Crippen LogP contribution in [0.2, 0.25) is 10.0 Å². The maximum atomic E-state index is 13.0. The number of nitrogens with two attached hydrogens (primary N) is 2. The van der Waals surface area contributed by atoms with Crippen LogP contribution in [0.4, 0.5) is 26.1 Å². The highest BCUT2D eigenvalue weighted by Crippen LogP contribution is 2.33. The lowest BCUT2D eigenvalue weighted by Crippen LogP contribution is -2.28. The van der Waals surface area contributed by atoms with Crippen molar-refractivity contribution in [3.8, 4) is 16.9 Å². The fourth-order valence-corrected chi connectivity index (χ4v) is 4.33. The Morgan fingerprint density at radius 3 is 2.20 bits per heavy atom. The van der Waals surface area contributed by atoms with E-state index in [1.165, 1.54) is 12.1 Å². The zero-order valence-corrected chi connectivity index (χ0v) is 25.3. The van der Waals surface area contributed by atoms with Gasteiger partial charge >= 0.3 is 26.7 Å². The minimum Gasteiger partial charge on any atom is -0.487 e. The molecule has 0 aliphatic carbocycles. The van der Waals surface area contributed by atoms with Crippen molar-refractivity contribution < 1.29 is 39.4 Å². The number of hydrogen-bond acceptors (Lipinski definition) is 10. The highest BCUT2D eigenvalue weighted by atomic mass is 35.5. The van der Waals surface area contributed by atoms with E-state index in [0.717, 1.165) is 17.7 Å². The summed E-state index contributed by atoms with van der Waals surface area (Å²) in [5.41, 5.74) is 14.6. The van der Waals surface area contributed by atoms with E-state index >= 15 is 0 Å². The lowest BCUT2D eigenvalue weighted by Gasteiger charge is -2.14. The molecule has 19 heteroatoms. The number of urea groups is 1. The minimum absolute atomic E-state index is 0.00840. The fourth-order valence-electron chi connectivity index (χ4n) is 3.57. The summed E-state index contributed by atoms with van der Waals surface area (Å²) < 4.78 is 72.3. The van der Waals surface area contributed by atoms with Gasteiger partial charge in [-0.15, -0.1) is 3.89 Å². The summed E-state index contributed by atoms with van der Waals surface area (Å²) in [5.74, 6) is 0.637. The van der Waals surface area contributed by atoms with Gasteiger partial charge in [0, 0.05) is 17.8 Å². The lowest BCUT2D eigenvalue weighted by molar-refractivity contribution is 0.251. The van der Waals surface area contributed by atoms with Crippen molar-refractivity contribution in [1.29, 1.82) is 0 Å². The molecule has 0 aliphatic heterocycles. The standard InChI is InChI=1S/C25H21Cl2FN6O4S.H2O4S/c26-19-9-4-15(11-20(19)27)22-21(33-24(30)34-23(22)29)13-38-17-3-1-2-14(10-17)12-31-25(35)32-16-5-7-18(8-6-16)39(28,36)37;1-5(2,3)4/h1-11H,12-13H2,(H2,31,32,35)(H4,29,30,33,34);(H2,1,2,3,4). The molecule has 8 N–H and O–H groups in total. The smallest absolute Gasteiger partial charge is 0.394 e. The van der Waals surface area contributed by atoms with Crippen molar-refractivity contribution in [2.24, 2.45) is 0 Å². The predicted molar refractivity (Wildman–Crippen MR) is 162 cm³/mol. The second kappa shape index (κ2) is 14.5. The monoisotopic (exact) mass is 688 g/mol. The van der Waals surface area contributed by atoms with Crippen LogP contribution in [0, 0.1) is 0 Å². The van der Waals surface area contributed by atoms with Gasteiger partial charge in [0.25, 0.3) is 0 Å². The Hall–Kier alpha value is -4.26. The Labute approximate surface area is 261 Å². The van der Waals surface area contributed by atoms with E-state index in [1.807, 2.05) is 0 Å². The van der Waals surface area contributed by atoms with Gasteiger partial charge in [-0.2, -0.15) is 21.8 Å². The van der Waals surface area contributed by atoms with Crippen molar-refractivity contribution >= 4 is 67.3 Å². The van der Waals surface area contributed by atoms with E-state index in [-0.39, 0.29) is 30.6 Å². The van der Waals surface area contributed by atoms with Crippen LogP contribution in [-0.2, 0) is 33.8 Å². The summed E-state index contributed by atoms with van der Waals surface area (Å²) in [6.07, 6.45) is 0. The van der Waals surface area contributed by atoms with Crippen LogP contribution in [0.15, 0.2) is 71.6 Å². The first kappa shape index (κ1) is 34.2. The van der Waals surface area contributed by atoms with Crippen molar-refractivity contribution in [3.05, 3.63) is 88.0 Å². The van der Waals surface area contributed by atoms with E-state index in [2.05, 4.69) is 20.6 Å². The van der Waals surface area contributed by atoms with E-state index < -0.39 is 31.5 Å². The first-order valence-electron chi connectivity index (χ1n) is 11.9. The summed E-state index contributed by atoms with van der Waals surface area (Å²) in [6, 6.07) is 16.1. The number of amides is 2. The van der Waals surface area contributed by atoms with Crippen molar-refractivity contribution in [3.63, 3.8) is 0 Å². The number of hydrogen-bond donors (Lipinski definition) is 6. The van der Waals surface area contributed by atoms with Crippen molar-refractivity contribution in [2.75, 3.05) is 16.8 Å². The molecule has 0 saturated carbocycles. The topological polar surface area (TPSA) is 237 Å². The van der Waals surface area contributed by atoms with Crippen LogP contribution < -0.4 is 26.8 Å². The molecular weight excluding hydrogens is 666 g/mol. The summed E-state index contributed by atoms with van der Waals surface area (Å²) in [7, 11) is -9.48. The highest BCUT2D eigenvalue weighted by molar-refractivity contribution is 7.86. The SMILES string of the molecule is Nc1nc(N)c(-c2ccc(Cl)c(Cl)c2)c(COc2cccc(CNC(=O)Nc3ccc(S(=O)(=O)F)cc3)c2)n1.O=S(=O)(O)O. The quantitative estimate of drug-likeness (QED) is 0.111. The molecule has 0 unspecified atom stereocenters. The fraction of sp³-hybridized carbons (Fsp3) is 0.0800. The molecule has 4 rings (SSSR count). The molecule has 0 bridgehead atoms. The van der Waals surface area contributed by atoms with Gasteiger partial charge < -0.3 is 26.8 Å². The summed E-state index contributed by atoms with van der Waals surface area (Å²) in [5, 5.41) is 5.94. The van der Waals surface area contributed by atoms with E-state index in [0.29, 0.717) is 32.6 Å². The average Bonchev–Trinajstić information content (AvgIpc) is 2.91. The number of carbonyl (C=O) groups excluding carboxylic acids is 1. The Morgan fingerprint density at radius 1 is 0.932 bits per heavy atom. The van der Waals surface area contributed by atoms with Gasteiger partial charge in [0.05, 0.1) is 20.6 Å². The highest BCUT2D eigenvalue weighted by Gasteiger charge is 2.16. The van der Waals surface area contributed by atoms with Gasteiger partial charge in [-0.25, -0.2) is 9.78 Å². The third kappa shape index (κ3) is 10.8. The van der Waals surface area contributed by atoms with Gasteiger partial charge in [-0.1, -0.05) is 41.4 Å². The molecule has 2 amide bonds.